The molecule has 1 saturated carbocycles. The molecule has 0 saturated heterocycles. The average Bonchev–Trinajstić information content (AvgIpc) is 2.88. The van der Waals surface area contributed by atoms with Crippen molar-refractivity contribution in [3.8, 4) is 17.4 Å². The Morgan fingerprint density at radius 2 is 2.00 bits per heavy atom. The minimum Gasteiger partial charge on any atom is -0.486 e. The summed E-state index contributed by atoms with van der Waals surface area (Å²) < 4.78 is 16.5. The van der Waals surface area contributed by atoms with Crippen LogP contribution in [0, 0.1) is 11.8 Å². The lowest BCUT2D eigenvalue weighted by Crippen LogP contribution is -2.32. The third-order valence-electron chi connectivity index (χ3n) is 6.55. The number of fused-ring (bicyclic) bond motifs is 2. The molecule has 2 N–H and O–H groups in total. The molecule has 0 spiro atoms. The minimum atomic E-state index is -0.0105. The van der Waals surface area contributed by atoms with Crippen molar-refractivity contribution in [2.45, 2.75) is 32.2 Å². The molecule has 0 bridgehead atoms. The second-order valence-corrected chi connectivity index (χ2v) is 8.91. The molecule has 3 heterocycles. The van der Waals surface area contributed by atoms with Gasteiger partial charge in [-0.15, -0.1) is 0 Å². The minimum absolute atomic E-state index is 0.0105. The Hall–Kier alpha value is -3.39. The number of hydrogen-bond donors (Lipinski definition) is 2. The Morgan fingerprint density at radius 1 is 1.12 bits per heavy atom. The van der Waals surface area contributed by atoms with Crippen LogP contribution in [0.3, 0.4) is 0 Å². The molecule has 3 aromatic rings. The molecule has 1 aliphatic carbocycles. The van der Waals surface area contributed by atoms with E-state index in [0.717, 1.165) is 55.8 Å². The highest BCUT2D eigenvalue weighted by Crippen LogP contribution is 2.32. The van der Waals surface area contributed by atoms with Crippen molar-refractivity contribution in [1.82, 2.24) is 15.3 Å². The van der Waals surface area contributed by atoms with Crippen LogP contribution in [0.25, 0.3) is 11.0 Å². The van der Waals surface area contributed by atoms with Crippen LogP contribution in [0.5, 0.6) is 17.4 Å². The highest BCUT2D eigenvalue weighted by molar-refractivity contribution is 6.00. The molecule has 8 nitrogen and oxygen atoms in total. The molecular formula is C26H30N4O4. The first-order valence-electron chi connectivity index (χ1n) is 11.9. The number of aromatic nitrogens is 2. The standard InChI is InChI=1S/C26H30N4O4/c1-32-24-8-6-20-25(30-24)21(9-10-28-20)29-26(31)19-4-2-3-17(13-19)15-27-16-18-5-7-22-23(14-18)34-12-11-33-22/h5-10,14,17,19,27H,2-4,11-13,15-16H2,1H3,(H,28,29,31). The van der Waals surface area contributed by atoms with Crippen molar-refractivity contribution in [3.05, 3.63) is 48.2 Å². The van der Waals surface area contributed by atoms with Gasteiger partial charge in [0, 0.05) is 24.7 Å². The molecule has 2 aromatic heterocycles. The van der Waals surface area contributed by atoms with Gasteiger partial charge in [0.05, 0.1) is 18.3 Å². The summed E-state index contributed by atoms with van der Waals surface area (Å²) in [5, 5.41) is 6.66. The zero-order chi connectivity index (χ0) is 23.3. The lowest BCUT2D eigenvalue weighted by Gasteiger charge is -2.28. The molecule has 2 aliphatic rings. The molecule has 1 fully saturated rings. The maximum atomic E-state index is 13.1. The summed E-state index contributed by atoms with van der Waals surface area (Å²) in [6.07, 6.45) is 5.66. The molecule has 2 unspecified atom stereocenters. The normalized spacial score (nSPS) is 19.6. The van der Waals surface area contributed by atoms with Gasteiger partial charge in [0.2, 0.25) is 11.8 Å². The van der Waals surface area contributed by atoms with Crippen LogP contribution in [0.4, 0.5) is 5.69 Å². The summed E-state index contributed by atoms with van der Waals surface area (Å²) in [6, 6.07) is 11.5. The van der Waals surface area contributed by atoms with Gasteiger partial charge in [0.25, 0.3) is 0 Å². The number of methoxy groups -OCH3 is 1. The van der Waals surface area contributed by atoms with Crippen LogP contribution < -0.4 is 24.8 Å². The van der Waals surface area contributed by atoms with Gasteiger partial charge in [0.1, 0.15) is 18.7 Å². The Kier molecular flexibility index (Phi) is 6.76. The number of hydrogen-bond acceptors (Lipinski definition) is 7. The molecule has 0 radical (unpaired) electrons. The van der Waals surface area contributed by atoms with Crippen LogP contribution in [-0.2, 0) is 11.3 Å². The summed E-state index contributed by atoms with van der Waals surface area (Å²) in [5.41, 5.74) is 3.21. The molecule has 34 heavy (non-hydrogen) atoms. The molecule has 178 valence electrons. The zero-order valence-corrected chi connectivity index (χ0v) is 19.4. The summed E-state index contributed by atoms with van der Waals surface area (Å²) in [7, 11) is 1.58. The number of rotatable bonds is 7. The summed E-state index contributed by atoms with van der Waals surface area (Å²) in [6.45, 7) is 2.84. The molecule has 1 amide bonds. The topological polar surface area (TPSA) is 94.6 Å². The molecule has 8 heteroatoms. The van der Waals surface area contributed by atoms with Gasteiger partial charge in [-0.25, -0.2) is 4.98 Å². The van der Waals surface area contributed by atoms with Crippen molar-refractivity contribution in [3.63, 3.8) is 0 Å². The maximum absolute atomic E-state index is 13.1. The number of carbonyl (C=O) groups excluding carboxylic acids is 1. The predicted octanol–water partition coefficient (Wildman–Crippen LogP) is 3.94. The molecular weight excluding hydrogens is 432 g/mol. The highest BCUT2D eigenvalue weighted by Gasteiger charge is 2.27. The highest BCUT2D eigenvalue weighted by atomic mass is 16.6. The van der Waals surface area contributed by atoms with Gasteiger partial charge in [-0.1, -0.05) is 12.5 Å². The lowest BCUT2D eigenvalue weighted by molar-refractivity contribution is -0.121. The fourth-order valence-corrected chi connectivity index (χ4v) is 4.79. The number of nitrogens with one attached hydrogen (secondary N) is 2. The third-order valence-corrected chi connectivity index (χ3v) is 6.55. The fraction of sp³-hybridized carbons (Fsp3) is 0.423. The molecule has 1 aliphatic heterocycles. The van der Waals surface area contributed by atoms with E-state index in [-0.39, 0.29) is 11.8 Å². The molecule has 5 rings (SSSR count). The Bertz CT molecular complexity index is 1170. The third kappa shape index (κ3) is 5.07. The van der Waals surface area contributed by atoms with Crippen molar-refractivity contribution in [2.75, 3.05) is 32.2 Å². The van der Waals surface area contributed by atoms with E-state index in [9.17, 15) is 4.79 Å². The van der Waals surface area contributed by atoms with Crippen molar-refractivity contribution >= 4 is 22.6 Å². The summed E-state index contributed by atoms with van der Waals surface area (Å²) in [5.74, 6) is 2.63. The van der Waals surface area contributed by atoms with E-state index >= 15 is 0 Å². The quantitative estimate of drug-likeness (QED) is 0.549. The maximum Gasteiger partial charge on any atom is 0.227 e. The SMILES string of the molecule is COc1ccc2nccc(NC(=O)C3CCCC(CNCc4ccc5c(c4)OCCO5)C3)c2n1. The summed E-state index contributed by atoms with van der Waals surface area (Å²) >= 11 is 0. The van der Waals surface area contributed by atoms with Crippen molar-refractivity contribution < 1.29 is 19.0 Å². The van der Waals surface area contributed by atoms with E-state index in [1.165, 1.54) is 5.56 Å². The Labute approximate surface area is 199 Å². The number of nitrogens with zero attached hydrogens (tertiary/aromatic N) is 2. The number of benzene rings is 1. The van der Waals surface area contributed by atoms with E-state index in [0.29, 0.717) is 36.2 Å². The first-order valence-corrected chi connectivity index (χ1v) is 11.9. The van der Waals surface area contributed by atoms with Gasteiger partial charge in [0.15, 0.2) is 11.5 Å². The smallest absolute Gasteiger partial charge is 0.227 e. The van der Waals surface area contributed by atoms with Crippen LogP contribution in [0.1, 0.15) is 31.2 Å². The second kappa shape index (κ2) is 10.3. The van der Waals surface area contributed by atoms with Gasteiger partial charge >= 0.3 is 0 Å². The van der Waals surface area contributed by atoms with Crippen LogP contribution in [0.2, 0.25) is 0 Å². The Balaban J connectivity index is 1.16. The second-order valence-electron chi connectivity index (χ2n) is 8.91. The molecule has 2 atom stereocenters. The van der Waals surface area contributed by atoms with Gasteiger partial charge in [-0.2, -0.15) is 0 Å². The number of amides is 1. The fourth-order valence-electron chi connectivity index (χ4n) is 4.79. The molecule has 1 aromatic carbocycles. The zero-order valence-electron chi connectivity index (χ0n) is 19.4. The van der Waals surface area contributed by atoms with Crippen LogP contribution in [0.15, 0.2) is 42.6 Å². The van der Waals surface area contributed by atoms with E-state index < -0.39 is 0 Å². The lowest BCUT2D eigenvalue weighted by atomic mass is 9.81. The van der Waals surface area contributed by atoms with Crippen LogP contribution >= 0.6 is 0 Å². The number of ether oxygens (including phenoxy) is 3. The summed E-state index contributed by atoms with van der Waals surface area (Å²) in [4.78, 5) is 21.9. The largest absolute Gasteiger partial charge is 0.486 e. The van der Waals surface area contributed by atoms with Gasteiger partial charge in [-0.05, 0) is 61.6 Å². The number of anilines is 1. The number of carbonyl (C=O) groups is 1. The monoisotopic (exact) mass is 462 g/mol. The van der Waals surface area contributed by atoms with E-state index in [4.69, 9.17) is 14.2 Å². The van der Waals surface area contributed by atoms with Crippen molar-refractivity contribution in [1.29, 1.82) is 0 Å². The first kappa shape index (κ1) is 22.4. The van der Waals surface area contributed by atoms with Crippen LogP contribution in [-0.4, -0.2) is 42.7 Å². The van der Waals surface area contributed by atoms with E-state index in [1.807, 2.05) is 18.2 Å². The van der Waals surface area contributed by atoms with Gasteiger partial charge in [-0.3, -0.25) is 9.78 Å². The number of pyridine rings is 2. The van der Waals surface area contributed by atoms with Gasteiger partial charge < -0.3 is 24.8 Å². The Morgan fingerprint density at radius 3 is 2.88 bits per heavy atom. The van der Waals surface area contributed by atoms with E-state index in [2.05, 4.69) is 26.7 Å². The first-order chi connectivity index (χ1) is 16.7. The average molecular weight is 463 g/mol. The van der Waals surface area contributed by atoms with Crippen molar-refractivity contribution in [2.24, 2.45) is 11.8 Å². The predicted molar refractivity (Wildman–Crippen MR) is 129 cm³/mol. The van der Waals surface area contributed by atoms with E-state index in [1.54, 1.807) is 25.4 Å².